The first-order valence-electron chi connectivity index (χ1n) is 5.51. The molecule has 5 nitrogen and oxygen atoms in total. The van der Waals surface area contributed by atoms with E-state index in [0.717, 1.165) is 16.5 Å². The van der Waals surface area contributed by atoms with Crippen LogP contribution in [0.2, 0.25) is 5.02 Å². The molecule has 3 amide bonds. The van der Waals surface area contributed by atoms with Crippen molar-refractivity contribution in [3.05, 3.63) is 35.0 Å². The van der Waals surface area contributed by atoms with Gasteiger partial charge in [0.05, 0.1) is 10.5 Å². The highest BCUT2D eigenvalue weighted by atomic mass is 35.5. The summed E-state index contributed by atoms with van der Waals surface area (Å²) in [6.07, 6.45) is 2.26. The first-order chi connectivity index (χ1) is 8.65. The number of H-pyrrole nitrogens is 1. The lowest BCUT2D eigenvalue weighted by atomic mass is 10.1. The Morgan fingerprint density at radius 1 is 1.28 bits per heavy atom. The minimum Gasteiger partial charge on any atom is -0.360 e. The highest BCUT2D eigenvalue weighted by molar-refractivity contribution is 6.35. The van der Waals surface area contributed by atoms with Crippen LogP contribution in [-0.4, -0.2) is 23.0 Å². The molecule has 1 saturated heterocycles. The molecule has 0 radical (unpaired) electrons. The number of benzene rings is 1. The summed E-state index contributed by atoms with van der Waals surface area (Å²) < 4.78 is 0. The second-order valence-corrected chi connectivity index (χ2v) is 4.60. The van der Waals surface area contributed by atoms with Crippen molar-refractivity contribution in [2.45, 2.75) is 12.5 Å². The molecule has 18 heavy (non-hydrogen) atoms. The summed E-state index contributed by atoms with van der Waals surface area (Å²) in [4.78, 5) is 25.6. The van der Waals surface area contributed by atoms with Gasteiger partial charge in [0.25, 0.3) is 5.91 Å². The molecule has 1 atom stereocenters. The highest BCUT2D eigenvalue weighted by Crippen LogP contribution is 2.26. The summed E-state index contributed by atoms with van der Waals surface area (Å²) in [5.41, 5.74) is 1.80. The van der Waals surface area contributed by atoms with E-state index in [9.17, 15) is 9.59 Å². The van der Waals surface area contributed by atoms with E-state index in [-0.39, 0.29) is 5.91 Å². The van der Waals surface area contributed by atoms with E-state index in [1.165, 1.54) is 0 Å². The molecule has 3 rings (SSSR count). The zero-order valence-corrected chi connectivity index (χ0v) is 10.0. The first kappa shape index (κ1) is 11.1. The van der Waals surface area contributed by atoms with Crippen LogP contribution < -0.4 is 10.6 Å². The van der Waals surface area contributed by atoms with Crippen molar-refractivity contribution in [1.82, 2.24) is 15.6 Å². The Kier molecular flexibility index (Phi) is 2.48. The third kappa shape index (κ3) is 1.73. The summed E-state index contributed by atoms with van der Waals surface area (Å²) in [5.74, 6) is -0.295. The highest BCUT2D eigenvalue weighted by Gasteiger charge is 2.30. The number of hydrogen-bond acceptors (Lipinski definition) is 2. The molecular weight excluding hydrogens is 254 g/mol. The van der Waals surface area contributed by atoms with Crippen LogP contribution in [0.5, 0.6) is 0 Å². The molecule has 3 N–H and O–H groups in total. The predicted octanol–water partition coefficient (Wildman–Crippen LogP) is 1.57. The van der Waals surface area contributed by atoms with Crippen LogP contribution in [0.3, 0.4) is 0 Å². The van der Waals surface area contributed by atoms with E-state index < -0.39 is 12.1 Å². The molecule has 1 aliphatic heterocycles. The third-order valence-corrected chi connectivity index (χ3v) is 3.35. The third-order valence-electron chi connectivity index (χ3n) is 3.03. The molecule has 1 aromatic carbocycles. The lowest BCUT2D eigenvalue weighted by molar-refractivity contribution is -0.120. The first-order valence-corrected chi connectivity index (χ1v) is 5.89. The van der Waals surface area contributed by atoms with Gasteiger partial charge >= 0.3 is 6.03 Å². The van der Waals surface area contributed by atoms with Gasteiger partial charge in [-0.3, -0.25) is 10.1 Å². The van der Waals surface area contributed by atoms with E-state index in [2.05, 4.69) is 15.6 Å². The maximum atomic E-state index is 11.5. The smallest absolute Gasteiger partial charge is 0.322 e. The van der Waals surface area contributed by atoms with Gasteiger partial charge in [-0.2, -0.15) is 0 Å². The number of carbonyl (C=O) groups is 2. The average molecular weight is 264 g/mol. The molecule has 1 aliphatic rings. The largest absolute Gasteiger partial charge is 0.360 e. The molecule has 1 fully saturated rings. The number of aromatic nitrogens is 1. The van der Waals surface area contributed by atoms with E-state index in [4.69, 9.17) is 11.6 Å². The lowest BCUT2D eigenvalue weighted by Crippen LogP contribution is -2.30. The fraction of sp³-hybridized carbons (Fsp3) is 0.167. The van der Waals surface area contributed by atoms with Crippen molar-refractivity contribution >= 4 is 34.4 Å². The molecule has 2 heterocycles. The summed E-state index contributed by atoms with van der Waals surface area (Å²) in [6.45, 7) is 0. The molecular formula is C12H10ClN3O2. The fourth-order valence-corrected chi connectivity index (χ4v) is 2.40. The van der Waals surface area contributed by atoms with Gasteiger partial charge in [0.2, 0.25) is 0 Å². The topological polar surface area (TPSA) is 74.0 Å². The lowest BCUT2D eigenvalue weighted by Gasteiger charge is -2.05. The second kappa shape index (κ2) is 4.03. The fourth-order valence-electron chi connectivity index (χ4n) is 2.17. The van der Waals surface area contributed by atoms with Gasteiger partial charge in [-0.1, -0.05) is 23.7 Å². The predicted molar refractivity (Wildman–Crippen MR) is 67.5 cm³/mol. The number of carbonyl (C=O) groups excluding carboxylic acids is 2. The van der Waals surface area contributed by atoms with Crippen LogP contribution in [0.4, 0.5) is 4.79 Å². The van der Waals surface area contributed by atoms with E-state index in [0.29, 0.717) is 11.4 Å². The SMILES string of the molecule is O=C1NC(=O)C(Cc2c[nH]c3c(Cl)cccc23)N1. The summed E-state index contributed by atoms with van der Waals surface area (Å²) in [7, 11) is 0. The van der Waals surface area contributed by atoms with Crippen molar-refractivity contribution in [1.29, 1.82) is 0 Å². The standard InChI is InChI=1S/C12H10ClN3O2/c13-8-3-1-2-7-6(5-14-10(7)8)4-9-11(17)16-12(18)15-9/h1-3,5,9,14H,4H2,(H2,15,16,17,18). The maximum absolute atomic E-state index is 11.5. The monoisotopic (exact) mass is 263 g/mol. The van der Waals surface area contributed by atoms with Gasteiger partial charge in [-0.05, 0) is 11.6 Å². The molecule has 2 aromatic rings. The molecule has 1 unspecified atom stereocenters. The number of imide groups is 1. The molecule has 92 valence electrons. The molecule has 1 aromatic heterocycles. The number of urea groups is 1. The number of nitrogens with one attached hydrogen (secondary N) is 3. The molecule has 0 saturated carbocycles. The number of aromatic amines is 1. The number of rotatable bonds is 2. The number of amides is 3. The molecule has 6 heteroatoms. The van der Waals surface area contributed by atoms with E-state index in [1.54, 1.807) is 6.07 Å². The van der Waals surface area contributed by atoms with Crippen LogP contribution in [0, 0.1) is 0 Å². The zero-order chi connectivity index (χ0) is 12.7. The van der Waals surface area contributed by atoms with Crippen molar-refractivity contribution < 1.29 is 9.59 Å². The second-order valence-electron chi connectivity index (χ2n) is 4.20. The summed E-state index contributed by atoms with van der Waals surface area (Å²) in [6, 6.07) is 4.63. The Bertz CT molecular complexity index is 650. The van der Waals surface area contributed by atoms with Crippen molar-refractivity contribution in [2.24, 2.45) is 0 Å². The van der Waals surface area contributed by atoms with E-state index in [1.807, 2.05) is 18.3 Å². The van der Waals surface area contributed by atoms with Gasteiger partial charge in [-0.15, -0.1) is 0 Å². The quantitative estimate of drug-likeness (QED) is 0.720. The molecule has 0 aliphatic carbocycles. The van der Waals surface area contributed by atoms with Crippen LogP contribution in [0.15, 0.2) is 24.4 Å². The number of fused-ring (bicyclic) bond motifs is 1. The Morgan fingerprint density at radius 2 is 2.11 bits per heavy atom. The Morgan fingerprint density at radius 3 is 2.83 bits per heavy atom. The Labute approximate surface area is 108 Å². The number of halogens is 1. The Hall–Kier alpha value is -2.01. The van der Waals surface area contributed by atoms with Crippen molar-refractivity contribution in [2.75, 3.05) is 0 Å². The minimum absolute atomic E-state index is 0.295. The minimum atomic E-state index is -0.518. The van der Waals surface area contributed by atoms with Crippen LogP contribution in [0.1, 0.15) is 5.56 Å². The van der Waals surface area contributed by atoms with Gasteiger partial charge in [0, 0.05) is 18.0 Å². The van der Waals surface area contributed by atoms with Gasteiger partial charge < -0.3 is 10.3 Å². The summed E-state index contributed by atoms with van der Waals surface area (Å²) in [5, 5.41) is 6.39. The van der Waals surface area contributed by atoms with Crippen molar-refractivity contribution in [3.8, 4) is 0 Å². The molecule has 0 bridgehead atoms. The average Bonchev–Trinajstić information content (AvgIpc) is 2.86. The normalized spacial score (nSPS) is 19.1. The number of hydrogen-bond donors (Lipinski definition) is 3. The van der Waals surface area contributed by atoms with Crippen LogP contribution >= 0.6 is 11.6 Å². The van der Waals surface area contributed by atoms with Gasteiger partial charge in [0.15, 0.2) is 0 Å². The maximum Gasteiger partial charge on any atom is 0.322 e. The van der Waals surface area contributed by atoms with E-state index >= 15 is 0 Å². The van der Waals surface area contributed by atoms with Gasteiger partial charge in [-0.25, -0.2) is 4.79 Å². The Balaban J connectivity index is 1.94. The van der Waals surface area contributed by atoms with Crippen LogP contribution in [0.25, 0.3) is 10.9 Å². The van der Waals surface area contributed by atoms with Crippen LogP contribution in [-0.2, 0) is 11.2 Å². The zero-order valence-electron chi connectivity index (χ0n) is 9.29. The number of para-hydroxylation sites is 1. The summed E-state index contributed by atoms with van der Waals surface area (Å²) >= 11 is 6.06. The van der Waals surface area contributed by atoms with Gasteiger partial charge in [0.1, 0.15) is 6.04 Å². The molecule has 0 spiro atoms. The van der Waals surface area contributed by atoms with Crippen molar-refractivity contribution in [3.63, 3.8) is 0 Å².